The van der Waals surface area contributed by atoms with E-state index in [1.54, 1.807) is 6.92 Å². The molecule has 1 fully saturated rings. The molecular weight excluding hydrogens is 210 g/mol. The third-order valence-corrected chi connectivity index (χ3v) is 4.80. The van der Waals surface area contributed by atoms with Gasteiger partial charge in [0.05, 0.1) is 11.0 Å². The van der Waals surface area contributed by atoms with Gasteiger partial charge in [0, 0.05) is 17.6 Å². The maximum atomic E-state index is 11.3. The number of nitrogens with one attached hydrogen (secondary N) is 1. The molecule has 5 heteroatoms. The number of sulfone groups is 1. The highest BCUT2D eigenvalue weighted by molar-refractivity contribution is 7.92. The van der Waals surface area contributed by atoms with E-state index in [1.165, 1.54) is 0 Å². The number of hydrogen-bond acceptors (Lipinski definition) is 3. The van der Waals surface area contributed by atoms with Crippen molar-refractivity contribution in [1.29, 1.82) is 0 Å². The van der Waals surface area contributed by atoms with Gasteiger partial charge in [0.1, 0.15) is 0 Å². The van der Waals surface area contributed by atoms with E-state index >= 15 is 0 Å². The molecule has 1 rings (SSSR count). The van der Waals surface area contributed by atoms with Crippen LogP contribution in [0.2, 0.25) is 0 Å². The van der Waals surface area contributed by atoms with Crippen molar-refractivity contribution in [2.24, 2.45) is 0 Å². The lowest BCUT2D eigenvalue weighted by atomic mass is 10.2. The number of halogens is 1. The summed E-state index contributed by atoms with van der Waals surface area (Å²) in [7, 11) is -2.86. The summed E-state index contributed by atoms with van der Waals surface area (Å²) in [6.45, 7) is 5.74. The van der Waals surface area contributed by atoms with Crippen LogP contribution >= 0.6 is 11.6 Å². The van der Waals surface area contributed by atoms with Gasteiger partial charge in [-0.3, -0.25) is 0 Å². The lowest BCUT2D eigenvalue weighted by molar-refractivity contribution is 0.529. The van der Waals surface area contributed by atoms with Crippen molar-refractivity contribution in [1.82, 2.24) is 5.32 Å². The van der Waals surface area contributed by atoms with Gasteiger partial charge in [0.25, 0.3) is 0 Å². The van der Waals surface area contributed by atoms with E-state index in [0.29, 0.717) is 18.0 Å². The molecule has 0 saturated carbocycles. The largest absolute Gasteiger partial charge is 0.308 e. The summed E-state index contributed by atoms with van der Waals surface area (Å²) in [5.41, 5.74) is 0. The minimum Gasteiger partial charge on any atom is -0.308 e. The van der Waals surface area contributed by atoms with Crippen molar-refractivity contribution in [3.05, 3.63) is 11.6 Å². The molecule has 1 heterocycles. The van der Waals surface area contributed by atoms with Crippen LogP contribution < -0.4 is 5.32 Å². The summed E-state index contributed by atoms with van der Waals surface area (Å²) >= 11 is 5.57. The van der Waals surface area contributed by atoms with Gasteiger partial charge in [-0.25, -0.2) is 8.42 Å². The Balaban J connectivity index is 2.51. The van der Waals surface area contributed by atoms with Crippen molar-refractivity contribution < 1.29 is 8.42 Å². The van der Waals surface area contributed by atoms with Crippen LogP contribution in [-0.2, 0) is 9.84 Å². The molecule has 0 bridgehead atoms. The summed E-state index contributed by atoms with van der Waals surface area (Å²) in [6.07, 6.45) is 0.674. The molecule has 76 valence electrons. The van der Waals surface area contributed by atoms with Crippen LogP contribution in [0.4, 0.5) is 0 Å². The summed E-state index contributed by atoms with van der Waals surface area (Å²) in [5, 5.41) is 3.28. The summed E-state index contributed by atoms with van der Waals surface area (Å²) < 4.78 is 22.6. The molecule has 1 saturated heterocycles. The molecule has 0 aromatic rings. The van der Waals surface area contributed by atoms with Gasteiger partial charge in [-0.05, 0) is 13.3 Å². The summed E-state index contributed by atoms with van der Waals surface area (Å²) in [4.78, 5) is 0. The van der Waals surface area contributed by atoms with Crippen LogP contribution in [0.5, 0.6) is 0 Å². The van der Waals surface area contributed by atoms with Crippen molar-refractivity contribution in [3.63, 3.8) is 0 Å². The zero-order valence-corrected chi connectivity index (χ0v) is 9.16. The van der Waals surface area contributed by atoms with Crippen LogP contribution in [0.1, 0.15) is 13.3 Å². The van der Waals surface area contributed by atoms with Crippen molar-refractivity contribution in [2.75, 3.05) is 12.3 Å². The van der Waals surface area contributed by atoms with Gasteiger partial charge < -0.3 is 5.32 Å². The van der Waals surface area contributed by atoms with Crippen molar-refractivity contribution >= 4 is 21.4 Å². The van der Waals surface area contributed by atoms with Gasteiger partial charge in [0.2, 0.25) is 0 Å². The molecule has 0 aromatic carbocycles. The third kappa shape index (κ3) is 2.69. The van der Waals surface area contributed by atoms with Crippen LogP contribution in [0.3, 0.4) is 0 Å². The van der Waals surface area contributed by atoms with Gasteiger partial charge in [-0.1, -0.05) is 18.2 Å². The Kier molecular flexibility index (Phi) is 3.38. The second-order valence-corrected chi connectivity index (χ2v) is 6.38. The predicted molar refractivity (Wildman–Crippen MR) is 54.6 cm³/mol. The van der Waals surface area contributed by atoms with E-state index < -0.39 is 9.84 Å². The van der Waals surface area contributed by atoms with E-state index in [4.69, 9.17) is 11.6 Å². The SMILES string of the molecule is C=C(Cl)CNC1CCS(=O)(=O)C1C. The normalized spacial score (nSPS) is 31.8. The first kappa shape index (κ1) is 11.0. The topological polar surface area (TPSA) is 46.2 Å². The minimum absolute atomic E-state index is 0.0282. The molecule has 2 atom stereocenters. The smallest absolute Gasteiger partial charge is 0.154 e. The van der Waals surface area contributed by atoms with Crippen molar-refractivity contribution in [3.8, 4) is 0 Å². The Morgan fingerprint density at radius 3 is 2.69 bits per heavy atom. The predicted octanol–water partition coefficient (Wildman–Crippen LogP) is 0.904. The standard InChI is InChI=1S/C8H14ClNO2S/c1-6(9)5-10-8-3-4-13(11,12)7(8)2/h7-8,10H,1,3-5H2,2H3. The highest BCUT2D eigenvalue weighted by atomic mass is 35.5. The van der Waals surface area contributed by atoms with Crippen LogP contribution in [0.25, 0.3) is 0 Å². The molecular formula is C8H14ClNO2S. The Morgan fingerprint density at radius 2 is 2.31 bits per heavy atom. The molecule has 3 nitrogen and oxygen atoms in total. The van der Waals surface area contributed by atoms with E-state index in [1.807, 2.05) is 0 Å². The zero-order chi connectivity index (χ0) is 10.1. The van der Waals surface area contributed by atoms with Gasteiger partial charge in [0.15, 0.2) is 9.84 Å². The summed E-state index contributed by atoms with van der Waals surface area (Å²) in [5.74, 6) is 0.278. The average molecular weight is 224 g/mol. The van der Waals surface area contributed by atoms with Gasteiger partial charge >= 0.3 is 0 Å². The lowest BCUT2D eigenvalue weighted by Gasteiger charge is -2.15. The highest BCUT2D eigenvalue weighted by Crippen LogP contribution is 2.20. The van der Waals surface area contributed by atoms with E-state index in [0.717, 1.165) is 0 Å². The van der Waals surface area contributed by atoms with Gasteiger partial charge in [-0.2, -0.15) is 0 Å². The van der Waals surface area contributed by atoms with E-state index in [-0.39, 0.29) is 17.0 Å². The van der Waals surface area contributed by atoms with Crippen molar-refractivity contribution in [2.45, 2.75) is 24.6 Å². The lowest BCUT2D eigenvalue weighted by Crippen LogP contribution is -2.37. The quantitative estimate of drug-likeness (QED) is 0.774. The molecule has 0 aromatic heterocycles. The fourth-order valence-electron chi connectivity index (χ4n) is 1.47. The molecule has 0 amide bonds. The first-order valence-corrected chi connectivity index (χ1v) is 6.31. The molecule has 1 aliphatic rings. The van der Waals surface area contributed by atoms with Gasteiger partial charge in [-0.15, -0.1) is 0 Å². The fraction of sp³-hybridized carbons (Fsp3) is 0.750. The Bertz CT molecular complexity index is 299. The highest BCUT2D eigenvalue weighted by Gasteiger charge is 2.36. The maximum Gasteiger partial charge on any atom is 0.154 e. The molecule has 1 aliphatic heterocycles. The number of rotatable bonds is 3. The van der Waals surface area contributed by atoms with Crippen LogP contribution in [-0.4, -0.2) is 32.0 Å². The van der Waals surface area contributed by atoms with Crippen LogP contribution in [0.15, 0.2) is 11.6 Å². The molecule has 13 heavy (non-hydrogen) atoms. The zero-order valence-electron chi connectivity index (χ0n) is 7.59. The first-order chi connectivity index (χ1) is 5.93. The molecule has 0 spiro atoms. The second kappa shape index (κ2) is 3.98. The fourth-order valence-corrected chi connectivity index (χ4v) is 3.24. The molecule has 2 unspecified atom stereocenters. The minimum atomic E-state index is -2.86. The molecule has 0 radical (unpaired) electrons. The first-order valence-electron chi connectivity index (χ1n) is 4.21. The Hall–Kier alpha value is -0.0600. The van der Waals surface area contributed by atoms with Crippen LogP contribution in [0, 0.1) is 0 Å². The molecule has 0 aliphatic carbocycles. The average Bonchev–Trinajstić information content (AvgIpc) is 2.25. The monoisotopic (exact) mass is 223 g/mol. The Labute approximate surface area is 84.1 Å². The second-order valence-electron chi connectivity index (χ2n) is 3.37. The van der Waals surface area contributed by atoms with E-state index in [2.05, 4.69) is 11.9 Å². The molecule has 1 N–H and O–H groups in total. The third-order valence-electron chi connectivity index (χ3n) is 2.40. The Morgan fingerprint density at radius 1 is 1.69 bits per heavy atom. The van der Waals surface area contributed by atoms with E-state index in [9.17, 15) is 8.42 Å². The summed E-state index contributed by atoms with van der Waals surface area (Å²) in [6, 6.07) is 0.0282. The number of hydrogen-bond donors (Lipinski definition) is 1. The maximum absolute atomic E-state index is 11.3.